The van der Waals surface area contributed by atoms with E-state index >= 15 is 0 Å². The van der Waals surface area contributed by atoms with Gasteiger partial charge in [0, 0.05) is 11.6 Å². The summed E-state index contributed by atoms with van der Waals surface area (Å²) < 4.78 is 5.84. The van der Waals surface area contributed by atoms with Gasteiger partial charge in [-0.25, -0.2) is 0 Å². The lowest BCUT2D eigenvalue weighted by Gasteiger charge is -2.16. The van der Waals surface area contributed by atoms with Gasteiger partial charge in [-0.05, 0) is 53.0 Å². The number of unbranched alkanes of at least 4 members (excludes halogenated alkanes) is 1. The van der Waals surface area contributed by atoms with Gasteiger partial charge < -0.3 is 10.5 Å². The molecule has 0 fully saturated rings. The summed E-state index contributed by atoms with van der Waals surface area (Å²) in [5.41, 5.74) is 7.99. The maximum absolute atomic E-state index is 8.96. The van der Waals surface area contributed by atoms with Crippen molar-refractivity contribution in [2.45, 2.75) is 53.0 Å². The van der Waals surface area contributed by atoms with Crippen molar-refractivity contribution in [3.05, 3.63) is 29.3 Å². The Morgan fingerprint density at radius 2 is 2.05 bits per heavy atom. The largest absolute Gasteiger partial charge is 0.493 e. The van der Waals surface area contributed by atoms with E-state index < -0.39 is 0 Å². The van der Waals surface area contributed by atoms with Crippen LogP contribution in [0.5, 0.6) is 5.75 Å². The predicted octanol–water partition coefficient (Wildman–Crippen LogP) is 4.11. The van der Waals surface area contributed by atoms with Crippen molar-refractivity contribution in [3.8, 4) is 11.8 Å². The second-order valence-corrected chi connectivity index (χ2v) is 6.13. The first-order valence-corrected chi connectivity index (χ1v) is 7.26. The molecule has 0 aliphatic heterocycles. The summed E-state index contributed by atoms with van der Waals surface area (Å²) in [4.78, 5) is 0. The molecule has 0 amide bonds. The van der Waals surface area contributed by atoms with Crippen molar-refractivity contribution in [1.82, 2.24) is 0 Å². The minimum atomic E-state index is -0.235. The SMILES string of the molecule is Cc1ccc(OCCCCC(C)(C)C#N)c([C@@H](C)N)c1. The number of rotatable bonds is 7. The molecule has 0 aromatic heterocycles. The molecular weight excluding hydrogens is 248 g/mol. The van der Waals surface area contributed by atoms with Crippen LogP contribution < -0.4 is 10.5 Å². The van der Waals surface area contributed by atoms with Crippen molar-refractivity contribution < 1.29 is 4.74 Å². The van der Waals surface area contributed by atoms with Crippen LogP contribution in [0.4, 0.5) is 0 Å². The summed E-state index contributed by atoms with van der Waals surface area (Å²) in [6, 6.07) is 8.41. The zero-order chi connectivity index (χ0) is 15.2. The maximum atomic E-state index is 8.96. The van der Waals surface area contributed by atoms with Crippen LogP contribution in [0.3, 0.4) is 0 Å². The fraction of sp³-hybridized carbons (Fsp3) is 0.588. The number of ether oxygens (including phenoxy) is 1. The summed E-state index contributed by atoms with van der Waals surface area (Å²) in [5, 5.41) is 8.96. The lowest BCUT2D eigenvalue weighted by molar-refractivity contribution is 0.291. The van der Waals surface area contributed by atoms with E-state index in [1.54, 1.807) is 0 Å². The first-order valence-electron chi connectivity index (χ1n) is 7.26. The van der Waals surface area contributed by atoms with E-state index in [2.05, 4.69) is 19.1 Å². The molecule has 0 saturated heterocycles. The predicted molar refractivity (Wildman–Crippen MR) is 82.5 cm³/mol. The van der Waals surface area contributed by atoms with Gasteiger partial charge in [-0.15, -0.1) is 0 Å². The molecule has 3 nitrogen and oxygen atoms in total. The lowest BCUT2D eigenvalue weighted by Crippen LogP contribution is -2.10. The van der Waals surface area contributed by atoms with Gasteiger partial charge in [0.1, 0.15) is 5.75 Å². The normalized spacial score (nSPS) is 12.8. The van der Waals surface area contributed by atoms with Crippen LogP contribution in [0.2, 0.25) is 0 Å². The smallest absolute Gasteiger partial charge is 0.124 e. The van der Waals surface area contributed by atoms with Gasteiger partial charge in [-0.2, -0.15) is 5.26 Å². The molecule has 1 aromatic carbocycles. The molecule has 0 aliphatic carbocycles. The number of aryl methyl sites for hydroxylation is 1. The van der Waals surface area contributed by atoms with Crippen molar-refractivity contribution in [2.24, 2.45) is 11.1 Å². The molecule has 1 aromatic rings. The molecule has 3 heteroatoms. The molecule has 0 bridgehead atoms. The van der Waals surface area contributed by atoms with E-state index in [0.717, 1.165) is 30.6 Å². The zero-order valence-corrected chi connectivity index (χ0v) is 13.1. The average molecular weight is 274 g/mol. The molecule has 0 unspecified atom stereocenters. The highest BCUT2D eigenvalue weighted by molar-refractivity contribution is 5.38. The van der Waals surface area contributed by atoms with Gasteiger partial charge in [0.05, 0.1) is 18.1 Å². The van der Waals surface area contributed by atoms with Gasteiger partial charge in [0.2, 0.25) is 0 Å². The van der Waals surface area contributed by atoms with Crippen LogP contribution in [0.1, 0.15) is 57.2 Å². The van der Waals surface area contributed by atoms with Crippen LogP contribution in [-0.2, 0) is 0 Å². The van der Waals surface area contributed by atoms with E-state index in [1.165, 1.54) is 5.56 Å². The second kappa shape index (κ2) is 7.31. The molecule has 0 aliphatic rings. The number of hydrogen-bond donors (Lipinski definition) is 1. The molecular formula is C17H26N2O. The zero-order valence-electron chi connectivity index (χ0n) is 13.1. The van der Waals surface area contributed by atoms with E-state index in [1.807, 2.05) is 32.9 Å². The van der Waals surface area contributed by atoms with E-state index in [4.69, 9.17) is 15.7 Å². The third-order valence-corrected chi connectivity index (χ3v) is 3.41. The Morgan fingerprint density at radius 3 is 2.65 bits per heavy atom. The molecule has 2 N–H and O–H groups in total. The van der Waals surface area contributed by atoms with E-state index in [9.17, 15) is 0 Å². The highest BCUT2D eigenvalue weighted by atomic mass is 16.5. The quantitative estimate of drug-likeness (QED) is 0.761. The lowest BCUT2D eigenvalue weighted by atomic mass is 9.89. The molecule has 1 rings (SSSR count). The van der Waals surface area contributed by atoms with Crippen LogP contribution in [0.15, 0.2) is 18.2 Å². The Labute approximate surface area is 122 Å². The number of nitrogens with two attached hydrogens (primary N) is 1. The van der Waals surface area contributed by atoms with Gasteiger partial charge in [-0.3, -0.25) is 0 Å². The van der Waals surface area contributed by atoms with Crippen molar-refractivity contribution >= 4 is 0 Å². The Hall–Kier alpha value is -1.53. The van der Waals surface area contributed by atoms with Crippen LogP contribution in [-0.4, -0.2) is 6.61 Å². The Balaban J connectivity index is 2.45. The number of nitriles is 1. The molecule has 0 spiro atoms. The molecule has 20 heavy (non-hydrogen) atoms. The van der Waals surface area contributed by atoms with Crippen LogP contribution in [0, 0.1) is 23.7 Å². The highest BCUT2D eigenvalue weighted by Gasteiger charge is 2.15. The third kappa shape index (κ3) is 5.22. The Bertz CT molecular complexity index is 472. The summed E-state index contributed by atoms with van der Waals surface area (Å²) in [7, 11) is 0. The fourth-order valence-corrected chi connectivity index (χ4v) is 2.06. The molecule has 1 atom stereocenters. The Kier molecular flexibility index (Phi) is 6.04. The monoisotopic (exact) mass is 274 g/mol. The molecule has 0 radical (unpaired) electrons. The van der Waals surface area contributed by atoms with E-state index in [0.29, 0.717) is 6.61 Å². The van der Waals surface area contributed by atoms with Gasteiger partial charge >= 0.3 is 0 Å². The van der Waals surface area contributed by atoms with Gasteiger partial charge in [0.25, 0.3) is 0 Å². The summed E-state index contributed by atoms with van der Waals surface area (Å²) in [5.74, 6) is 0.880. The van der Waals surface area contributed by atoms with Gasteiger partial charge in [-0.1, -0.05) is 17.7 Å². The topological polar surface area (TPSA) is 59.0 Å². The van der Waals surface area contributed by atoms with Crippen LogP contribution >= 0.6 is 0 Å². The average Bonchev–Trinajstić information content (AvgIpc) is 2.39. The van der Waals surface area contributed by atoms with Crippen molar-refractivity contribution in [2.75, 3.05) is 6.61 Å². The number of hydrogen-bond acceptors (Lipinski definition) is 3. The highest BCUT2D eigenvalue weighted by Crippen LogP contribution is 2.26. The van der Waals surface area contributed by atoms with E-state index in [-0.39, 0.29) is 11.5 Å². The fourth-order valence-electron chi connectivity index (χ4n) is 2.06. The maximum Gasteiger partial charge on any atom is 0.124 e. The third-order valence-electron chi connectivity index (χ3n) is 3.41. The standard InChI is InChI=1S/C17H26N2O/c1-13-7-8-16(15(11-13)14(2)19)20-10-6-5-9-17(3,4)12-18/h7-8,11,14H,5-6,9-10,19H2,1-4H3/t14-/m1/s1. The first kappa shape index (κ1) is 16.5. The number of nitrogens with zero attached hydrogens (tertiary/aromatic N) is 1. The van der Waals surface area contributed by atoms with Crippen molar-refractivity contribution in [1.29, 1.82) is 5.26 Å². The molecule has 0 saturated carbocycles. The van der Waals surface area contributed by atoms with Crippen molar-refractivity contribution in [3.63, 3.8) is 0 Å². The molecule has 0 heterocycles. The minimum absolute atomic E-state index is 0.0255. The Morgan fingerprint density at radius 1 is 1.35 bits per heavy atom. The first-order chi connectivity index (χ1) is 9.35. The summed E-state index contributed by atoms with van der Waals surface area (Å²) in [6.07, 6.45) is 2.86. The summed E-state index contributed by atoms with van der Waals surface area (Å²) >= 11 is 0. The number of benzene rings is 1. The summed E-state index contributed by atoms with van der Waals surface area (Å²) in [6.45, 7) is 8.64. The second-order valence-electron chi connectivity index (χ2n) is 6.13. The minimum Gasteiger partial charge on any atom is -0.493 e. The van der Waals surface area contributed by atoms with Gasteiger partial charge in [0.15, 0.2) is 0 Å². The molecule has 110 valence electrons. The van der Waals surface area contributed by atoms with Crippen LogP contribution in [0.25, 0.3) is 0 Å².